The van der Waals surface area contributed by atoms with Crippen LogP contribution in [0.25, 0.3) is 17.0 Å². The minimum Gasteiger partial charge on any atom is -0.400 e. The van der Waals surface area contributed by atoms with Gasteiger partial charge in [0, 0.05) is 35.3 Å². The van der Waals surface area contributed by atoms with Crippen LogP contribution in [0.5, 0.6) is 0 Å². The Morgan fingerprint density at radius 3 is 2.48 bits per heavy atom. The summed E-state index contributed by atoms with van der Waals surface area (Å²) in [6.45, 7) is 9.57. The monoisotopic (exact) mass is 385 g/mol. The molecule has 0 amide bonds. The predicted octanol–water partition coefficient (Wildman–Crippen LogP) is 4.27. The van der Waals surface area contributed by atoms with E-state index in [0.29, 0.717) is 11.3 Å². The van der Waals surface area contributed by atoms with Gasteiger partial charge in [0.25, 0.3) is 0 Å². The first-order chi connectivity index (χ1) is 12.6. The van der Waals surface area contributed by atoms with Crippen molar-refractivity contribution in [2.24, 2.45) is 0 Å². The normalized spacial score (nSPS) is 18.9. The molecule has 1 aliphatic rings. The summed E-state index contributed by atoms with van der Waals surface area (Å²) in [5.41, 5.74) is 2.44. The number of fused-ring (bicyclic) bond motifs is 1. The topological polar surface area (TPSA) is 68.4 Å². The summed E-state index contributed by atoms with van der Waals surface area (Å²) in [5.74, 6) is 0.484. The van der Waals surface area contributed by atoms with E-state index in [1.165, 1.54) is 11.8 Å². The summed E-state index contributed by atoms with van der Waals surface area (Å²) in [5, 5.41) is 0.910. The quantitative estimate of drug-likeness (QED) is 0.615. The van der Waals surface area contributed by atoms with Gasteiger partial charge in [0.05, 0.1) is 11.2 Å². The highest BCUT2D eigenvalue weighted by molar-refractivity contribution is 8.13. The number of hydrogen-bond donors (Lipinski definition) is 1. The van der Waals surface area contributed by atoms with Crippen LogP contribution in [0, 0.1) is 0 Å². The maximum absolute atomic E-state index is 11.5. The van der Waals surface area contributed by atoms with Crippen molar-refractivity contribution < 1.29 is 18.9 Å². The van der Waals surface area contributed by atoms with Crippen molar-refractivity contribution >= 4 is 47.3 Å². The third-order valence-electron chi connectivity index (χ3n) is 5.21. The first-order valence-corrected chi connectivity index (χ1v) is 9.87. The Morgan fingerprint density at radius 1 is 1.22 bits per heavy atom. The van der Waals surface area contributed by atoms with Gasteiger partial charge in [-0.3, -0.25) is 9.59 Å². The van der Waals surface area contributed by atoms with E-state index in [0.717, 1.165) is 28.2 Å². The molecule has 7 heteroatoms. The van der Waals surface area contributed by atoms with E-state index in [2.05, 4.69) is 4.98 Å². The summed E-state index contributed by atoms with van der Waals surface area (Å²) >= 11 is 1.23. The van der Waals surface area contributed by atoms with Crippen molar-refractivity contribution in [2.75, 3.05) is 5.75 Å². The van der Waals surface area contributed by atoms with Crippen LogP contribution in [-0.2, 0) is 14.1 Å². The summed E-state index contributed by atoms with van der Waals surface area (Å²) in [4.78, 5) is 25.8. The van der Waals surface area contributed by atoms with Crippen LogP contribution in [0.1, 0.15) is 50.5 Å². The van der Waals surface area contributed by atoms with Crippen LogP contribution in [-0.4, -0.2) is 40.5 Å². The van der Waals surface area contributed by atoms with Crippen LogP contribution in [0.2, 0.25) is 0 Å². The summed E-state index contributed by atoms with van der Waals surface area (Å²) in [6, 6.07) is 5.87. The van der Waals surface area contributed by atoms with Crippen LogP contribution in [0.15, 0.2) is 29.9 Å². The smallest absolute Gasteiger partial charge is 0.400 e. The molecule has 1 aliphatic heterocycles. The summed E-state index contributed by atoms with van der Waals surface area (Å²) in [6.07, 6.45) is 4.53. The number of rotatable bonds is 5. The number of aromatic nitrogens is 1. The molecule has 1 saturated heterocycles. The van der Waals surface area contributed by atoms with E-state index in [1.54, 1.807) is 13.1 Å². The van der Waals surface area contributed by atoms with Gasteiger partial charge in [-0.2, -0.15) is 0 Å². The number of thioether (sulfide) groups is 1. The van der Waals surface area contributed by atoms with E-state index in [-0.39, 0.29) is 5.12 Å². The molecule has 0 saturated carbocycles. The first kappa shape index (κ1) is 19.9. The second-order valence-corrected chi connectivity index (χ2v) is 8.91. The molecule has 0 spiro atoms. The lowest BCUT2D eigenvalue weighted by Crippen LogP contribution is -2.41. The average Bonchev–Trinajstić information content (AvgIpc) is 3.08. The van der Waals surface area contributed by atoms with Crippen molar-refractivity contribution in [3.63, 3.8) is 0 Å². The summed E-state index contributed by atoms with van der Waals surface area (Å²) in [7, 11) is -0.519. The number of hydrogen-bond acceptors (Lipinski definition) is 5. The fourth-order valence-electron chi connectivity index (χ4n) is 2.92. The van der Waals surface area contributed by atoms with Crippen LogP contribution < -0.4 is 0 Å². The van der Waals surface area contributed by atoms with Gasteiger partial charge in [0.15, 0.2) is 11.4 Å². The molecule has 0 bridgehead atoms. The Morgan fingerprint density at radius 2 is 1.89 bits per heavy atom. The fourth-order valence-corrected chi connectivity index (χ4v) is 3.51. The molecule has 0 radical (unpaired) electrons. The Balaban J connectivity index is 1.98. The Hall–Kier alpha value is -1.83. The number of benzene rings is 1. The standard InChI is InChI=1S/C20H24BNO4S/c1-13(24)27-12-16(21-25-19(2,3)20(4,5)26-21)8-14-6-7-18-17(9-14)15(11-23)10-22-18/h6-11,22H,12H2,1-5H3. The molecular formula is C20H24BNO4S. The molecule has 1 aromatic carbocycles. The molecule has 1 fully saturated rings. The largest absolute Gasteiger partial charge is 0.491 e. The zero-order valence-corrected chi connectivity index (χ0v) is 17.1. The molecule has 0 aliphatic carbocycles. The van der Waals surface area contributed by atoms with Crippen molar-refractivity contribution in [1.82, 2.24) is 4.98 Å². The molecule has 1 aromatic heterocycles. The first-order valence-electron chi connectivity index (χ1n) is 8.89. The lowest BCUT2D eigenvalue weighted by atomic mass is 9.78. The van der Waals surface area contributed by atoms with E-state index < -0.39 is 18.3 Å². The SMILES string of the molecule is CC(=O)SCC(=Cc1ccc2[nH]cc(C=O)c2c1)B1OC(C)(C)C(C)(C)O1. The summed E-state index contributed by atoms with van der Waals surface area (Å²) < 4.78 is 12.3. The Kier molecular flexibility index (Phi) is 5.39. The third kappa shape index (κ3) is 4.05. The number of carbonyl (C=O) groups excluding carboxylic acids is 2. The Labute approximate surface area is 164 Å². The van der Waals surface area contributed by atoms with Gasteiger partial charge >= 0.3 is 7.12 Å². The zero-order chi connectivity index (χ0) is 19.8. The second-order valence-electron chi connectivity index (χ2n) is 7.75. The second kappa shape index (κ2) is 7.30. The Bertz CT molecular complexity index is 900. The molecule has 3 rings (SSSR count). The van der Waals surface area contributed by atoms with E-state index in [1.807, 2.05) is 52.0 Å². The van der Waals surface area contributed by atoms with E-state index in [9.17, 15) is 9.59 Å². The number of nitrogens with one attached hydrogen (secondary N) is 1. The van der Waals surface area contributed by atoms with Crippen LogP contribution in [0.3, 0.4) is 0 Å². The average molecular weight is 385 g/mol. The number of aldehydes is 1. The van der Waals surface area contributed by atoms with E-state index >= 15 is 0 Å². The highest BCUT2D eigenvalue weighted by atomic mass is 32.2. The highest BCUT2D eigenvalue weighted by Crippen LogP contribution is 2.39. The van der Waals surface area contributed by atoms with Gasteiger partial charge in [0.1, 0.15) is 0 Å². The maximum atomic E-state index is 11.5. The molecule has 2 heterocycles. The zero-order valence-electron chi connectivity index (χ0n) is 16.3. The van der Waals surface area contributed by atoms with Crippen molar-refractivity contribution in [2.45, 2.75) is 45.8 Å². The van der Waals surface area contributed by atoms with Crippen LogP contribution in [0.4, 0.5) is 0 Å². The van der Waals surface area contributed by atoms with Crippen molar-refractivity contribution in [3.05, 3.63) is 41.0 Å². The molecule has 1 N–H and O–H groups in total. The van der Waals surface area contributed by atoms with Crippen molar-refractivity contribution in [1.29, 1.82) is 0 Å². The van der Waals surface area contributed by atoms with Gasteiger partial charge in [0.2, 0.25) is 0 Å². The molecule has 5 nitrogen and oxygen atoms in total. The minimum atomic E-state index is -0.519. The van der Waals surface area contributed by atoms with Gasteiger partial charge < -0.3 is 14.3 Å². The molecule has 142 valence electrons. The van der Waals surface area contributed by atoms with Crippen LogP contribution >= 0.6 is 11.8 Å². The lowest BCUT2D eigenvalue weighted by Gasteiger charge is -2.32. The minimum absolute atomic E-state index is 0.0433. The van der Waals surface area contributed by atoms with Gasteiger partial charge in [-0.25, -0.2) is 0 Å². The lowest BCUT2D eigenvalue weighted by molar-refractivity contribution is -0.109. The molecule has 27 heavy (non-hydrogen) atoms. The number of H-pyrrole nitrogens is 1. The predicted molar refractivity (Wildman–Crippen MR) is 111 cm³/mol. The number of aromatic amines is 1. The maximum Gasteiger partial charge on any atom is 0.491 e. The van der Waals surface area contributed by atoms with E-state index in [4.69, 9.17) is 9.31 Å². The molecule has 0 atom stereocenters. The molecule has 0 unspecified atom stereocenters. The third-order valence-corrected chi connectivity index (χ3v) is 6.10. The van der Waals surface area contributed by atoms with Crippen molar-refractivity contribution in [3.8, 4) is 0 Å². The highest BCUT2D eigenvalue weighted by Gasteiger charge is 2.52. The fraction of sp³-hybridized carbons (Fsp3) is 0.400. The van der Waals surface area contributed by atoms with Gasteiger partial charge in [-0.05, 0) is 50.9 Å². The van der Waals surface area contributed by atoms with Gasteiger partial charge in [-0.1, -0.05) is 23.9 Å². The molecule has 2 aromatic rings. The molecular weight excluding hydrogens is 361 g/mol. The number of carbonyl (C=O) groups is 2. The van der Waals surface area contributed by atoms with Gasteiger partial charge in [-0.15, -0.1) is 0 Å².